The summed E-state index contributed by atoms with van der Waals surface area (Å²) in [5.41, 5.74) is -5.21. The van der Waals surface area contributed by atoms with E-state index in [-0.39, 0.29) is 32.4 Å². The summed E-state index contributed by atoms with van der Waals surface area (Å²) < 4.78 is 15.7. The van der Waals surface area contributed by atoms with Crippen molar-refractivity contribution >= 4 is 35.4 Å². The first-order valence-electron chi connectivity index (χ1n) is 11.6. The maximum atomic E-state index is 13.9. The number of piperidine rings is 3. The van der Waals surface area contributed by atoms with E-state index in [0.29, 0.717) is 0 Å². The van der Waals surface area contributed by atoms with Gasteiger partial charge in [0.25, 0.3) is 0 Å². The lowest BCUT2D eigenvalue weighted by Gasteiger charge is -2.63. The van der Waals surface area contributed by atoms with Gasteiger partial charge in [0, 0.05) is 13.1 Å². The molecular weight excluding hydrogens is 446 g/mol. The van der Waals surface area contributed by atoms with Crippen LogP contribution in [0.5, 0.6) is 0 Å². The van der Waals surface area contributed by atoms with E-state index in [1.54, 1.807) is 41.5 Å². The monoisotopic (exact) mass is 479 g/mol. The summed E-state index contributed by atoms with van der Waals surface area (Å²) in [6.45, 7) is 9.75. The summed E-state index contributed by atoms with van der Waals surface area (Å²) in [5.74, 6) is -4.46. The number of hydrogen-bond donors (Lipinski definition) is 0. The summed E-state index contributed by atoms with van der Waals surface area (Å²) in [6, 6.07) is 0. The number of amides is 1. The minimum Gasteiger partial charge on any atom is -0.463 e. The Morgan fingerprint density at radius 3 is 1.41 bits per heavy atom. The normalized spacial score (nSPS) is 29.9. The van der Waals surface area contributed by atoms with Crippen molar-refractivity contribution in [2.45, 2.75) is 85.5 Å². The molecule has 3 atom stereocenters. The fourth-order valence-corrected chi connectivity index (χ4v) is 5.78. The number of rotatable bonds is 9. The number of esters is 3. The molecule has 4 fully saturated rings. The van der Waals surface area contributed by atoms with Gasteiger partial charge in [-0.1, -0.05) is 0 Å². The molecule has 4 aliphatic rings. The second kappa shape index (κ2) is 8.78. The number of hydrogen-bond acceptors (Lipinski definition) is 9. The van der Waals surface area contributed by atoms with Crippen LogP contribution in [0.1, 0.15) is 67.2 Å². The van der Waals surface area contributed by atoms with Gasteiger partial charge in [0.05, 0.1) is 48.4 Å². The average molecular weight is 480 g/mol. The van der Waals surface area contributed by atoms with Crippen molar-refractivity contribution in [1.82, 2.24) is 4.90 Å². The minimum atomic E-state index is -2.32. The molecule has 4 rings (SSSR count). The van der Waals surface area contributed by atoms with Crippen molar-refractivity contribution < 1.29 is 43.0 Å². The molecule has 0 aromatic carbocycles. The molecule has 0 N–H and O–H groups in total. The molecule has 1 amide bonds. The SMILES string of the molecule is CC(C)OC(=O)CC12C(=O)N3C[C@@](CC(=O)OC(C)C)(C[C@@](CC(=O)OC(C)C)(C3)C1=O)C2=O. The van der Waals surface area contributed by atoms with Gasteiger partial charge in [0.15, 0.2) is 17.0 Å². The van der Waals surface area contributed by atoms with Crippen LogP contribution in [0.4, 0.5) is 0 Å². The second-order valence-electron chi connectivity index (χ2n) is 10.6. The predicted molar refractivity (Wildman–Crippen MR) is 116 cm³/mol. The molecular formula is C24H33NO9. The fourth-order valence-electron chi connectivity index (χ4n) is 5.78. The molecule has 0 aromatic rings. The van der Waals surface area contributed by atoms with Crippen LogP contribution in [0.3, 0.4) is 0 Å². The van der Waals surface area contributed by atoms with Gasteiger partial charge < -0.3 is 19.1 Å². The summed E-state index contributed by atoms with van der Waals surface area (Å²) >= 11 is 0. The van der Waals surface area contributed by atoms with Gasteiger partial charge in [-0.25, -0.2) is 0 Å². The standard InChI is InChI=1S/C24H33NO9/c1-13(2)32-16(26)7-22-10-23(8-17(27)33-14(3)4)12-25(11-22)21(31)24(19(22)29,20(23)30)9-18(28)34-15(5)6/h13-15H,7-12H2,1-6H3/t22-,23+,24?. The number of Topliss-reactive ketones (excluding diaryl/α,β-unsaturated/α-hetero) is 2. The molecule has 4 bridgehead atoms. The Morgan fingerprint density at radius 1 is 0.706 bits per heavy atom. The van der Waals surface area contributed by atoms with Crippen LogP contribution in [-0.4, -0.2) is 71.7 Å². The Bertz CT molecular complexity index is 885. The molecule has 1 aliphatic carbocycles. The number of ether oxygens (including phenoxy) is 3. The van der Waals surface area contributed by atoms with Crippen molar-refractivity contribution in [3.8, 4) is 0 Å². The van der Waals surface area contributed by atoms with Crippen LogP contribution in [-0.2, 0) is 43.0 Å². The van der Waals surface area contributed by atoms with Crippen molar-refractivity contribution in [3.05, 3.63) is 0 Å². The molecule has 188 valence electrons. The zero-order chi connectivity index (χ0) is 25.6. The van der Waals surface area contributed by atoms with Crippen molar-refractivity contribution in [2.24, 2.45) is 16.2 Å². The van der Waals surface area contributed by atoms with Gasteiger partial charge in [0.2, 0.25) is 5.91 Å². The van der Waals surface area contributed by atoms with E-state index in [9.17, 15) is 28.8 Å². The fraction of sp³-hybridized carbons (Fsp3) is 0.750. The van der Waals surface area contributed by atoms with Gasteiger partial charge in [-0.3, -0.25) is 28.8 Å². The molecule has 3 aliphatic heterocycles. The zero-order valence-corrected chi connectivity index (χ0v) is 20.6. The first kappa shape index (κ1) is 25.8. The van der Waals surface area contributed by atoms with Crippen LogP contribution in [0, 0.1) is 16.2 Å². The molecule has 0 spiro atoms. The Balaban J connectivity index is 2.09. The third-order valence-electron chi connectivity index (χ3n) is 6.53. The highest BCUT2D eigenvalue weighted by Gasteiger charge is 2.78. The van der Waals surface area contributed by atoms with Crippen LogP contribution in [0.2, 0.25) is 0 Å². The van der Waals surface area contributed by atoms with E-state index in [2.05, 4.69) is 0 Å². The molecule has 3 saturated heterocycles. The lowest BCUT2D eigenvalue weighted by molar-refractivity contribution is -0.205. The molecule has 0 radical (unpaired) electrons. The Labute approximate surface area is 198 Å². The van der Waals surface area contributed by atoms with Gasteiger partial charge in [-0.2, -0.15) is 0 Å². The Hall–Kier alpha value is -2.78. The maximum Gasteiger partial charge on any atom is 0.308 e. The number of ketones is 2. The summed E-state index contributed by atoms with van der Waals surface area (Å²) in [6.07, 6.45) is -2.95. The number of nitrogens with zero attached hydrogens (tertiary/aromatic N) is 1. The smallest absolute Gasteiger partial charge is 0.308 e. The zero-order valence-electron chi connectivity index (χ0n) is 20.6. The van der Waals surface area contributed by atoms with Gasteiger partial charge >= 0.3 is 17.9 Å². The topological polar surface area (TPSA) is 133 Å². The van der Waals surface area contributed by atoms with Crippen LogP contribution >= 0.6 is 0 Å². The number of carbonyl (C=O) groups is 6. The molecule has 3 heterocycles. The Kier molecular flexibility index (Phi) is 6.67. The molecule has 10 heteroatoms. The summed E-state index contributed by atoms with van der Waals surface area (Å²) in [7, 11) is 0. The van der Waals surface area contributed by atoms with Crippen molar-refractivity contribution in [2.75, 3.05) is 13.1 Å². The highest BCUT2D eigenvalue weighted by molar-refractivity contribution is 6.32. The van der Waals surface area contributed by atoms with E-state index in [1.807, 2.05) is 0 Å². The van der Waals surface area contributed by atoms with Crippen LogP contribution in [0.25, 0.3) is 0 Å². The average Bonchev–Trinajstić information content (AvgIpc) is 2.66. The minimum absolute atomic E-state index is 0.0763. The van der Waals surface area contributed by atoms with E-state index < -0.39 is 76.4 Å². The lowest BCUT2D eigenvalue weighted by atomic mass is 9.44. The van der Waals surface area contributed by atoms with Crippen molar-refractivity contribution in [1.29, 1.82) is 0 Å². The van der Waals surface area contributed by atoms with Gasteiger partial charge in [-0.05, 0) is 48.0 Å². The third-order valence-corrected chi connectivity index (χ3v) is 6.53. The van der Waals surface area contributed by atoms with Crippen LogP contribution in [0.15, 0.2) is 0 Å². The molecule has 34 heavy (non-hydrogen) atoms. The number of carbonyl (C=O) groups excluding carboxylic acids is 6. The van der Waals surface area contributed by atoms with E-state index in [4.69, 9.17) is 14.2 Å². The largest absolute Gasteiger partial charge is 0.463 e. The van der Waals surface area contributed by atoms with Crippen LogP contribution < -0.4 is 0 Å². The first-order valence-corrected chi connectivity index (χ1v) is 11.6. The summed E-state index contributed by atoms with van der Waals surface area (Å²) in [5, 5.41) is 0. The highest BCUT2D eigenvalue weighted by Crippen LogP contribution is 2.62. The summed E-state index contributed by atoms with van der Waals surface area (Å²) in [4.78, 5) is 80.4. The van der Waals surface area contributed by atoms with Gasteiger partial charge in [-0.15, -0.1) is 0 Å². The maximum absolute atomic E-state index is 13.9. The second-order valence-corrected chi connectivity index (χ2v) is 10.6. The van der Waals surface area contributed by atoms with E-state index in [1.165, 1.54) is 4.90 Å². The van der Waals surface area contributed by atoms with E-state index >= 15 is 0 Å². The molecule has 1 saturated carbocycles. The molecule has 0 aromatic heterocycles. The third kappa shape index (κ3) is 4.22. The highest BCUT2D eigenvalue weighted by atomic mass is 16.5. The Morgan fingerprint density at radius 2 is 1.06 bits per heavy atom. The molecule has 10 nitrogen and oxygen atoms in total. The van der Waals surface area contributed by atoms with Gasteiger partial charge in [0.1, 0.15) is 0 Å². The molecule has 1 unspecified atom stereocenters. The first-order chi connectivity index (χ1) is 15.7. The quantitative estimate of drug-likeness (QED) is 0.273. The lowest BCUT2D eigenvalue weighted by Crippen LogP contribution is -2.80. The predicted octanol–water partition coefficient (Wildman–Crippen LogP) is 1.37. The van der Waals surface area contributed by atoms with Crippen molar-refractivity contribution in [3.63, 3.8) is 0 Å². The van der Waals surface area contributed by atoms with E-state index in [0.717, 1.165) is 0 Å².